The summed E-state index contributed by atoms with van der Waals surface area (Å²) in [5, 5.41) is 18.7. The van der Waals surface area contributed by atoms with Gasteiger partial charge in [-0.1, -0.05) is 53.4 Å². The van der Waals surface area contributed by atoms with Crippen LogP contribution >= 0.6 is 34.8 Å². The lowest BCUT2D eigenvalue weighted by Crippen LogP contribution is -2.21. The average molecular weight is 482 g/mol. The van der Waals surface area contributed by atoms with Gasteiger partial charge in [-0.3, -0.25) is 4.79 Å². The number of benzene rings is 2. The molecular formula is C22H23Cl3N4O2. The van der Waals surface area contributed by atoms with E-state index in [1.165, 1.54) is 37.0 Å². The molecule has 1 saturated heterocycles. The smallest absolute Gasteiger partial charge is 0.269 e. The van der Waals surface area contributed by atoms with Crippen molar-refractivity contribution in [2.45, 2.75) is 25.9 Å². The molecule has 1 fully saturated rings. The SMILES string of the molecule is C1CCNCC1.NC(=O)c1nn(-c2ccc(Cl)cc2Cl)c(-c2ccc(Cl)cc2)c1CO. The zero-order valence-corrected chi connectivity index (χ0v) is 19.0. The molecule has 0 radical (unpaired) electrons. The van der Waals surface area contributed by atoms with Crippen LogP contribution in [0.1, 0.15) is 35.3 Å². The number of hydrogen-bond acceptors (Lipinski definition) is 4. The van der Waals surface area contributed by atoms with Gasteiger partial charge in [0, 0.05) is 21.2 Å². The molecule has 0 aliphatic carbocycles. The molecule has 2 aromatic carbocycles. The highest BCUT2D eigenvalue weighted by atomic mass is 35.5. The van der Waals surface area contributed by atoms with E-state index in [0.717, 1.165) is 0 Å². The first-order valence-electron chi connectivity index (χ1n) is 9.87. The molecule has 4 N–H and O–H groups in total. The minimum atomic E-state index is -0.747. The van der Waals surface area contributed by atoms with Gasteiger partial charge in [0.15, 0.2) is 5.69 Å². The highest BCUT2D eigenvalue weighted by Crippen LogP contribution is 2.33. The average Bonchev–Trinajstić information content (AvgIpc) is 3.15. The minimum Gasteiger partial charge on any atom is -0.392 e. The van der Waals surface area contributed by atoms with Crippen LogP contribution < -0.4 is 11.1 Å². The lowest BCUT2D eigenvalue weighted by atomic mass is 10.1. The van der Waals surface area contributed by atoms with Crippen LogP contribution in [0.4, 0.5) is 0 Å². The molecule has 2 heterocycles. The lowest BCUT2D eigenvalue weighted by Gasteiger charge is -2.11. The second kappa shape index (κ2) is 11.0. The van der Waals surface area contributed by atoms with Gasteiger partial charge in [-0.2, -0.15) is 5.10 Å². The zero-order valence-electron chi connectivity index (χ0n) is 16.7. The molecule has 9 heteroatoms. The number of carbonyl (C=O) groups is 1. The Kier molecular flexibility index (Phi) is 8.35. The number of aliphatic hydroxyl groups excluding tert-OH is 1. The van der Waals surface area contributed by atoms with Gasteiger partial charge in [0.1, 0.15) is 0 Å². The summed E-state index contributed by atoms with van der Waals surface area (Å²) < 4.78 is 1.47. The number of halogens is 3. The summed E-state index contributed by atoms with van der Waals surface area (Å²) >= 11 is 18.2. The summed E-state index contributed by atoms with van der Waals surface area (Å²) in [5.74, 6) is -0.747. The van der Waals surface area contributed by atoms with Crippen molar-refractivity contribution >= 4 is 40.7 Å². The number of aliphatic hydroxyl groups is 1. The molecular weight excluding hydrogens is 459 g/mol. The number of primary amides is 1. The van der Waals surface area contributed by atoms with Crippen molar-refractivity contribution in [3.05, 3.63) is 68.8 Å². The van der Waals surface area contributed by atoms with Crippen molar-refractivity contribution in [1.82, 2.24) is 15.1 Å². The molecule has 1 amide bonds. The van der Waals surface area contributed by atoms with E-state index < -0.39 is 12.5 Å². The molecule has 0 atom stereocenters. The Labute approximate surface area is 195 Å². The second-order valence-corrected chi connectivity index (χ2v) is 8.30. The van der Waals surface area contributed by atoms with Crippen molar-refractivity contribution in [3.8, 4) is 16.9 Å². The predicted octanol–water partition coefficient (Wildman–Crippen LogP) is 4.85. The van der Waals surface area contributed by atoms with Crippen LogP contribution in [0.2, 0.25) is 15.1 Å². The van der Waals surface area contributed by atoms with Gasteiger partial charge in [-0.15, -0.1) is 0 Å². The molecule has 6 nitrogen and oxygen atoms in total. The first-order chi connectivity index (χ1) is 14.9. The van der Waals surface area contributed by atoms with Gasteiger partial charge >= 0.3 is 0 Å². The molecule has 0 spiro atoms. The largest absolute Gasteiger partial charge is 0.392 e. The third kappa shape index (κ3) is 5.79. The van der Waals surface area contributed by atoms with Crippen LogP contribution in [-0.2, 0) is 6.61 Å². The Morgan fingerprint density at radius 3 is 2.16 bits per heavy atom. The number of nitrogens with two attached hydrogens (primary N) is 1. The van der Waals surface area contributed by atoms with E-state index >= 15 is 0 Å². The molecule has 31 heavy (non-hydrogen) atoms. The number of rotatable bonds is 4. The first kappa shape index (κ1) is 23.6. The second-order valence-electron chi connectivity index (χ2n) is 7.02. The molecule has 0 unspecified atom stereocenters. The van der Waals surface area contributed by atoms with E-state index in [4.69, 9.17) is 40.5 Å². The first-order valence-corrected chi connectivity index (χ1v) is 11.0. The van der Waals surface area contributed by atoms with Crippen molar-refractivity contribution in [2.24, 2.45) is 5.73 Å². The summed E-state index contributed by atoms with van der Waals surface area (Å²) in [6, 6.07) is 11.8. The highest BCUT2D eigenvalue weighted by Gasteiger charge is 2.24. The van der Waals surface area contributed by atoms with Crippen LogP contribution in [-0.4, -0.2) is 33.9 Å². The van der Waals surface area contributed by atoms with Crippen molar-refractivity contribution < 1.29 is 9.90 Å². The van der Waals surface area contributed by atoms with Crippen LogP contribution in [0.15, 0.2) is 42.5 Å². The van der Waals surface area contributed by atoms with Crippen LogP contribution in [0.3, 0.4) is 0 Å². The van der Waals surface area contributed by atoms with Crippen LogP contribution in [0.5, 0.6) is 0 Å². The summed E-state index contributed by atoms with van der Waals surface area (Å²) in [6.07, 6.45) is 4.22. The van der Waals surface area contributed by atoms with E-state index in [1.807, 2.05) is 0 Å². The van der Waals surface area contributed by atoms with Crippen molar-refractivity contribution in [1.29, 1.82) is 0 Å². The van der Waals surface area contributed by atoms with Crippen molar-refractivity contribution in [2.75, 3.05) is 13.1 Å². The van der Waals surface area contributed by atoms with Gasteiger partial charge in [-0.05, 0) is 56.3 Å². The van der Waals surface area contributed by atoms with Gasteiger partial charge in [-0.25, -0.2) is 4.68 Å². The maximum Gasteiger partial charge on any atom is 0.269 e. The fraction of sp³-hybridized carbons (Fsp3) is 0.273. The Hall–Kier alpha value is -2.09. The van der Waals surface area contributed by atoms with E-state index in [0.29, 0.717) is 37.6 Å². The van der Waals surface area contributed by atoms with Gasteiger partial charge in [0.2, 0.25) is 0 Å². The molecule has 0 bridgehead atoms. The summed E-state index contributed by atoms with van der Waals surface area (Å²) in [5.41, 5.74) is 7.38. The maximum atomic E-state index is 11.8. The number of aromatic nitrogens is 2. The topological polar surface area (TPSA) is 93.2 Å². The molecule has 3 aromatic rings. The number of nitrogens with zero attached hydrogens (tertiary/aromatic N) is 2. The number of nitrogens with one attached hydrogen (secondary N) is 1. The normalized spacial score (nSPS) is 13.4. The van der Waals surface area contributed by atoms with E-state index in [9.17, 15) is 9.90 Å². The van der Waals surface area contributed by atoms with Crippen molar-refractivity contribution in [3.63, 3.8) is 0 Å². The molecule has 1 aliphatic heterocycles. The third-order valence-electron chi connectivity index (χ3n) is 4.84. The Bertz CT molecular complexity index is 1040. The number of carbonyl (C=O) groups excluding carboxylic acids is 1. The number of amides is 1. The Balaban J connectivity index is 0.000000391. The fourth-order valence-electron chi connectivity index (χ4n) is 3.33. The summed E-state index contributed by atoms with van der Waals surface area (Å²) in [7, 11) is 0. The molecule has 4 rings (SSSR count). The third-order valence-corrected chi connectivity index (χ3v) is 5.63. The van der Waals surface area contributed by atoms with Gasteiger partial charge in [0.05, 0.1) is 23.0 Å². The lowest BCUT2D eigenvalue weighted by molar-refractivity contribution is 0.0992. The minimum absolute atomic E-state index is 0.0292. The molecule has 1 aliphatic rings. The van der Waals surface area contributed by atoms with Gasteiger partial charge in [0.25, 0.3) is 5.91 Å². The monoisotopic (exact) mass is 480 g/mol. The van der Waals surface area contributed by atoms with E-state index in [2.05, 4.69) is 10.4 Å². The number of piperidine rings is 1. The van der Waals surface area contributed by atoms with Crippen LogP contribution in [0.25, 0.3) is 16.9 Å². The standard InChI is InChI=1S/C17H12Cl3N3O2.C5H11N/c18-10-3-1-9(2-4-10)16-12(8-24)15(17(21)25)22-23(16)14-6-5-11(19)7-13(14)20;1-2-4-6-5-3-1/h1-7,24H,8H2,(H2,21,25);6H,1-5H2. The fourth-order valence-corrected chi connectivity index (χ4v) is 3.95. The number of hydrogen-bond donors (Lipinski definition) is 3. The maximum absolute atomic E-state index is 11.8. The quantitative estimate of drug-likeness (QED) is 0.496. The summed E-state index contributed by atoms with van der Waals surface area (Å²) in [6.45, 7) is 2.08. The predicted molar refractivity (Wildman–Crippen MR) is 125 cm³/mol. The van der Waals surface area contributed by atoms with E-state index in [-0.39, 0.29) is 5.69 Å². The summed E-state index contributed by atoms with van der Waals surface area (Å²) in [4.78, 5) is 11.8. The molecule has 164 valence electrons. The van der Waals surface area contributed by atoms with Gasteiger partial charge < -0.3 is 16.2 Å². The Morgan fingerprint density at radius 1 is 1.03 bits per heavy atom. The highest BCUT2D eigenvalue weighted by molar-refractivity contribution is 6.35. The Morgan fingerprint density at radius 2 is 1.68 bits per heavy atom. The van der Waals surface area contributed by atoms with Crippen LogP contribution in [0, 0.1) is 0 Å². The molecule has 1 aromatic heterocycles. The zero-order chi connectivity index (χ0) is 22.4. The molecule has 0 saturated carbocycles. The van der Waals surface area contributed by atoms with E-state index in [1.54, 1.807) is 42.5 Å².